The molecule has 198 valence electrons. The van der Waals surface area contributed by atoms with E-state index < -0.39 is 16.6 Å². The van der Waals surface area contributed by atoms with Crippen LogP contribution >= 0.6 is 23.5 Å². The van der Waals surface area contributed by atoms with Crippen molar-refractivity contribution in [1.82, 2.24) is 0 Å². The number of aryl methyl sites for hydroxylation is 1. The quantitative estimate of drug-likeness (QED) is 0.455. The Labute approximate surface area is 227 Å². The van der Waals surface area contributed by atoms with E-state index in [0.29, 0.717) is 16.7 Å². The van der Waals surface area contributed by atoms with Crippen LogP contribution in [0.2, 0.25) is 0 Å². The molecule has 0 bridgehead atoms. The Kier molecular flexibility index (Phi) is 6.66. The summed E-state index contributed by atoms with van der Waals surface area (Å²) < 4.78 is 27.2. The van der Waals surface area contributed by atoms with Crippen LogP contribution in [0, 0.1) is 5.41 Å². The van der Waals surface area contributed by atoms with Gasteiger partial charge >= 0.3 is 0 Å². The van der Waals surface area contributed by atoms with Crippen molar-refractivity contribution in [2.75, 3.05) is 51.9 Å². The summed E-state index contributed by atoms with van der Waals surface area (Å²) in [6.45, 7) is 1.25. The van der Waals surface area contributed by atoms with Crippen molar-refractivity contribution in [2.24, 2.45) is 5.41 Å². The Balaban J connectivity index is 1.27. The number of hydrogen-bond donors (Lipinski definition) is 3. The topological polar surface area (TPSA) is 98.7 Å². The van der Waals surface area contributed by atoms with Crippen molar-refractivity contribution < 1.29 is 18.3 Å². The SMILES string of the molecule is O=C(Nc1ccc2c(c1)C1(CC2)SCCS1)c1ccc(NS(=O)(=O)CCO)cc1N1CCC2(CC1)CC2. The van der Waals surface area contributed by atoms with Gasteiger partial charge in [-0.2, -0.15) is 0 Å². The number of aliphatic hydroxyl groups is 1. The highest BCUT2D eigenvalue weighted by molar-refractivity contribution is 8.20. The fraction of sp³-hybridized carbons (Fsp3) is 0.519. The zero-order valence-corrected chi connectivity index (χ0v) is 23.2. The van der Waals surface area contributed by atoms with Crippen molar-refractivity contribution in [3.8, 4) is 0 Å². The number of carbonyl (C=O) groups excluding carboxylic acids is 1. The molecule has 0 aromatic heterocycles. The number of aliphatic hydroxyl groups excluding tert-OH is 1. The number of fused-ring (bicyclic) bond motifs is 2. The molecule has 2 saturated heterocycles. The molecule has 0 unspecified atom stereocenters. The van der Waals surface area contributed by atoms with Gasteiger partial charge in [0.25, 0.3) is 5.91 Å². The number of rotatable bonds is 7. The summed E-state index contributed by atoms with van der Waals surface area (Å²) in [6.07, 6.45) is 6.98. The number of nitrogens with one attached hydrogen (secondary N) is 2. The highest BCUT2D eigenvalue weighted by atomic mass is 32.2. The number of piperidine rings is 1. The van der Waals surface area contributed by atoms with E-state index in [2.05, 4.69) is 27.1 Å². The number of carbonyl (C=O) groups is 1. The van der Waals surface area contributed by atoms with Crippen LogP contribution in [0.3, 0.4) is 0 Å². The molecule has 2 aromatic rings. The van der Waals surface area contributed by atoms with E-state index in [1.54, 1.807) is 18.2 Å². The van der Waals surface area contributed by atoms with Crippen LogP contribution in [0.4, 0.5) is 17.1 Å². The third kappa shape index (κ3) is 5.10. The standard InChI is InChI=1S/C27H33N3O4S3/c31-13-16-37(33,34)29-21-3-4-22(24(18-21)30-11-9-26(7-8-26)10-12-30)25(32)28-20-2-1-19-5-6-27(23(19)17-20)35-14-15-36-27/h1-4,17-18,29,31H,5-16H2,(H,28,32). The maximum absolute atomic E-state index is 13.6. The third-order valence-electron chi connectivity index (χ3n) is 8.25. The first-order valence-electron chi connectivity index (χ1n) is 13.0. The zero-order valence-electron chi connectivity index (χ0n) is 20.8. The number of hydrogen-bond acceptors (Lipinski definition) is 7. The molecule has 2 heterocycles. The molecule has 2 aliphatic carbocycles. The smallest absolute Gasteiger partial charge is 0.257 e. The molecule has 0 atom stereocenters. The van der Waals surface area contributed by atoms with Crippen molar-refractivity contribution >= 4 is 56.5 Å². The molecule has 6 rings (SSSR count). The van der Waals surface area contributed by atoms with Crippen LogP contribution in [0.15, 0.2) is 36.4 Å². The van der Waals surface area contributed by atoms with Crippen LogP contribution < -0.4 is 14.9 Å². The molecule has 2 aliphatic heterocycles. The Morgan fingerprint density at radius 2 is 1.70 bits per heavy atom. The second kappa shape index (κ2) is 9.70. The van der Waals surface area contributed by atoms with E-state index in [1.807, 2.05) is 29.6 Å². The Morgan fingerprint density at radius 3 is 2.41 bits per heavy atom. The Morgan fingerprint density at radius 1 is 0.973 bits per heavy atom. The molecule has 2 spiro atoms. The lowest BCUT2D eigenvalue weighted by Crippen LogP contribution is -2.35. The van der Waals surface area contributed by atoms with Gasteiger partial charge in [-0.1, -0.05) is 6.07 Å². The molecule has 1 amide bonds. The summed E-state index contributed by atoms with van der Waals surface area (Å²) >= 11 is 4.05. The number of anilines is 3. The van der Waals surface area contributed by atoms with E-state index in [-0.39, 0.29) is 15.7 Å². The second-order valence-electron chi connectivity index (χ2n) is 10.6. The average Bonchev–Trinajstić information content (AvgIpc) is 3.30. The molecule has 7 nitrogen and oxygen atoms in total. The summed E-state index contributed by atoms with van der Waals surface area (Å²) in [5.74, 6) is 1.77. The maximum Gasteiger partial charge on any atom is 0.257 e. The monoisotopic (exact) mass is 559 g/mol. The number of nitrogens with zero attached hydrogens (tertiary/aromatic N) is 1. The normalized spacial score (nSPS) is 21.3. The van der Waals surface area contributed by atoms with E-state index >= 15 is 0 Å². The van der Waals surface area contributed by atoms with Crippen LogP contribution in [-0.4, -0.2) is 56.4 Å². The van der Waals surface area contributed by atoms with Crippen molar-refractivity contribution in [3.63, 3.8) is 0 Å². The molecular formula is C27H33N3O4S3. The van der Waals surface area contributed by atoms with Crippen LogP contribution in [0.25, 0.3) is 0 Å². The lowest BCUT2D eigenvalue weighted by molar-refractivity contribution is 0.102. The highest BCUT2D eigenvalue weighted by Crippen LogP contribution is 2.59. The zero-order chi connectivity index (χ0) is 25.7. The van der Waals surface area contributed by atoms with Crippen molar-refractivity contribution in [3.05, 3.63) is 53.1 Å². The lowest BCUT2D eigenvalue weighted by atomic mass is 9.93. The summed E-state index contributed by atoms with van der Waals surface area (Å²) in [6, 6.07) is 11.4. The van der Waals surface area contributed by atoms with Gasteiger partial charge in [0.15, 0.2) is 0 Å². The van der Waals surface area contributed by atoms with Gasteiger partial charge in [-0.15, -0.1) is 23.5 Å². The predicted molar refractivity (Wildman–Crippen MR) is 153 cm³/mol. The minimum Gasteiger partial charge on any atom is -0.395 e. The lowest BCUT2D eigenvalue weighted by Gasteiger charge is -2.35. The van der Waals surface area contributed by atoms with Crippen molar-refractivity contribution in [2.45, 2.75) is 42.6 Å². The fourth-order valence-corrected chi connectivity index (χ4v) is 10.1. The minimum absolute atomic E-state index is 0.126. The molecule has 37 heavy (non-hydrogen) atoms. The molecule has 3 fully saturated rings. The van der Waals surface area contributed by atoms with Gasteiger partial charge < -0.3 is 15.3 Å². The molecule has 3 N–H and O–H groups in total. The predicted octanol–water partition coefficient (Wildman–Crippen LogP) is 4.63. The van der Waals surface area contributed by atoms with E-state index in [4.69, 9.17) is 5.11 Å². The minimum atomic E-state index is -3.66. The molecule has 4 aliphatic rings. The molecule has 10 heteroatoms. The summed E-state index contributed by atoms with van der Waals surface area (Å²) in [5, 5.41) is 12.2. The van der Waals surface area contributed by atoms with Gasteiger partial charge in [0, 0.05) is 30.3 Å². The first-order chi connectivity index (χ1) is 17.8. The van der Waals surface area contributed by atoms with Crippen molar-refractivity contribution in [1.29, 1.82) is 0 Å². The van der Waals surface area contributed by atoms with Gasteiger partial charge in [-0.05, 0) is 85.4 Å². The Hall–Kier alpha value is -1.88. The molecule has 1 saturated carbocycles. The number of sulfonamides is 1. The van der Waals surface area contributed by atoms with Gasteiger partial charge in [-0.25, -0.2) is 8.42 Å². The largest absolute Gasteiger partial charge is 0.395 e. The third-order valence-corrected chi connectivity index (χ3v) is 13.1. The van der Waals surface area contributed by atoms with Crippen LogP contribution in [0.1, 0.15) is 53.6 Å². The van der Waals surface area contributed by atoms with Gasteiger partial charge in [0.1, 0.15) is 0 Å². The summed E-state index contributed by atoms with van der Waals surface area (Å²) in [7, 11) is -3.66. The van der Waals surface area contributed by atoms with Crippen LogP contribution in [-0.2, 0) is 20.5 Å². The molecule has 0 radical (unpaired) electrons. The van der Waals surface area contributed by atoms with Gasteiger partial charge in [0.2, 0.25) is 10.0 Å². The van der Waals surface area contributed by atoms with E-state index in [1.165, 1.54) is 24.0 Å². The summed E-state index contributed by atoms with van der Waals surface area (Å²) in [4.78, 5) is 15.8. The van der Waals surface area contributed by atoms with E-state index in [9.17, 15) is 13.2 Å². The van der Waals surface area contributed by atoms with Gasteiger partial charge in [-0.3, -0.25) is 9.52 Å². The van der Waals surface area contributed by atoms with Crippen LogP contribution in [0.5, 0.6) is 0 Å². The number of benzene rings is 2. The highest BCUT2D eigenvalue weighted by Gasteiger charge is 2.45. The summed E-state index contributed by atoms with van der Waals surface area (Å²) in [5.41, 5.74) is 5.69. The average molecular weight is 560 g/mol. The number of amides is 1. The Bertz CT molecular complexity index is 1310. The maximum atomic E-state index is 13.6. The van der Waals surface area contributed by atoms with Gasteiger partial charge in [0.05, 0.1) is 33.4 Å². The molecule has 2 aromatic carbocycles. The molecular weight excluding hydrogens is 527 g/mol. The first kappa shape index (κ1) is 25.4. The first-order valence-corrected chi connectivity index (χ1v) is 16.7. The second-order valence-corrected chi connectivity index (χ2v) is 15.5. The van der Waals surface area contributed by atoms with E-state index in [0.717, 1.165) is 61.7 Å². The number of thioether (sulfide) groups is 2. The fourth-order valence-electron chi connectivity index (χ4n) is 5.91.